The Labute approximate surface area is 77.3 Å². The first kappa shape index (κ1) is 11.3. The molecule has 0 unspecified atom stereocenters. The van der Waals surface area contributed by atoms with Gasteiger partial charge in [-0.3, -0.25) is 0 Å². The van der Waals surface area contributed by atoms with E-state index in [0.29, 0.717) is 5.57 Å². The topological polar surface area (TPSA) is 52.1 Å². The van der Waals surface area contributed by atoms with Crippen LogP contribution in [-0.4, -0.2) is 23.0 Å². The number of rotatable bonds is 1. The summed E-state index contributed by atoms with van der Waals surface area (Å²) in [5.41, 5.74) is 0.433. The van der Waals surface area contributed by atoms with Crippen LogP contribution in [0.25, 0.3) is 0 Å². The van der Waals surface area contributed by atoms with Gasteiger partial charge in [-0.1, -0.05) is 6.58 Å². The Morgan fingerprint density at radius 2 is 1.92 bits per heavy atom. The average molecular weight is 180 g/mol. The normalized spacial score (nSPS) is 7.85. The first-order valence-corrected chi connectivity index (χ1v) is 3.62. The van der Waals surface area contributed by atoms with Gasteiger partial charge in [0.2, 0.25) is 0 Å². The molecule has 13 heavy (non-hydrogen) atoms. The zero-order valence-corrected chi connectivity index (χ0v) is 7.73. The zero-order valence-electron chi connectivity index (χ0n) is 7.73. The van der Waals surface area contributed by atoms with Crippen LogP contribution in [0.2, 0.25) is 0 Å². The van der Waals surface area contributed by atoms with Crippen LogP contribution in [-0.2, 0) is 9.53 Å². The fraction of sp³-hybridized carbons (Fsp3) is 0.222. The first-order chi connectivity index (χ1) is 6.18. The third-order valence-corrected chi connectivity index (χ3v) is 1.01. The maximum atomic E-state index is 10.2. The number of carbonyl (C=O) groups excluding carboxylic acids is 1. The van der Waals surface area contributed by atoms with Crippen molar-refractivity contribution in [3.63, 3.8) is 0 Å². The van der Waals surface area contributed by atoms with Gasteiger partial charge in [0.1, 0.15) is 6.33 Å². The Hall–Kier alpha value is -1.71. The second kappa shape index (κ2) is 6.97. The smallest absolute Gasteiger partial charge is 0.332 e. The number of carbonyl (C=O) groups is 1. The lowest BCUT2D eigenvalue weighted by molar-refractivity contribution is -0.136. The fourth-order valence-corrected chi connectivity index (χ4v) is 0.428. The van der Waals surface area contributed by atoms with E-state index in [4.69, 9.17) is 0 Å². The molecule has 1 rings (SSSR count). The molecule has 0 bridgehead atoms. The number of ether oxygens (including phenoxy) is 1. The predicted octanol–water partition coefficient (Wildman–Crippen LogP) is 1.21. The summed E-state index contributed by atoms with van der Waals surface area (Å²) < 4.78 is 4.27. The highest BCUT2D eigenvalue weighted by atomic mass is 16.5. The van der Waals surface area contributed by atoms with Crippen molar-refractivity contribution in [2.45, 2.75) is 6.92 Å². The summed E-state index contributed by atoms with van der Waals surface area (Å²) >= 11 is 0. The van der Waals surface area contributed by atoms with Crippen LogP contribution in [0.1, 0.15) is 6.92 Å². The lowest BCUT2D eigenvalue weighted by Crippen LogP contribution is -1.98. The highest BCUT2D eigenvalue weighted by Crippen LogP contribution is 1.87. The molecule has 0 N–H and O–H groups in total. The Kier molecular flexibility index (Phi) is 6.05. The molecule has 0 saturated heterocycles. The summed E-state index contributed by atoms with van der Waals surface area (Å²) in [7, 11) is 1.33. The van der Waals surface area contributed by atoms with Gasteiger partial charge >= 0.3 is 5.97 Å². The fourth-order valence-electron chi connectivity index (χ4n) is 0.428. The molecule has 0 aliphatic rings. The van der Waals surface area contributed by atoms with Crippen LogP contribution < -0.4 is 0 Å². The van der Waals surface area contributed by atoms with Gasteiger partial charge in [-0.05, 0) is 13.0 Å². The molecule has 4 nitrogen and oxygen atoms in total. The van der Waals surface area contributed by atoms with Crippen molar-refractivity contribution in [2.24, 2.45) is 0 Å². The SMILES string of the molecule is C=C(C)C(=O)OC.c1cncnc1. The first-order valence-electron chi connectivity index (χ1n) is 3.62. The largest absolute Gasteiger partial charge is 0.466 e. The predicted molar refractivity (Wildman–Crippen MR) is 48.9 cm³/mol. The van der Waals surface area contributed by atoms with E-state index >= 15 is 0 Å². The van der Waals surface area contributed by atoms with Gasteiger partial charge < -0.3 is 4.74 Å². The number of aromatic nitrogens is 2. The quantitative estimate of drug-likeness (QED) is 0.481. The number of nitrogens with zero attached hydrogens (tertiary/aromatic N) is 2. The number of methoxy groups -OCH3 is 1. The Balaban J connectivity index is 0.000000223. The minimum absolute atomic E-state index is 0.347. The lowest BCUT2D eigenvalue weighted by atomic mass is 10.4. The van der Waals surface area contributed by atoms with Gasteiger partial charge in [-0.15, -0.1) is 0 Å². The lowest BCUT2D eigenvalue weighted by Gasteiger charge is -1.91. The molecular weight excluding hydrogens is 168 g/mol. The van der Waals surface area contributed by atoms with E-state index in [1.54, 1.807) is 25.4 Å². The van der Waals surface area contributed by atoms with Crippen molar-refractivity contribution in [2.75, 3.05) is 7.11 Å². The van der Waals surface area contributed by atoms with Crippen LogP contribution in [0.3, 0.4) is 0 Å². The number of hydrogen-bond acceptors (Lipinski definition) is 4. The summed E-state index contributed by atoms with van der Waals surface area (Å²) in [6, 6.07) is 1.78. The second-order valence-electron chi connectivity index (χ2n) is 2.18. The van der Waals surface area contributed by atoms with E-state index in [9.17, 15) is 4.79 Å². The summed E-state index contributed by atoms with van der Waals surface area (Å²) in [6.07, 6.45) is 4.88. The third-order valence-electron chi connectivity index (χ3n) is 1.01. The van der Waals surface area contributed by atoms with Crippen molar-refractivity contribution in [3.05, 3.63) is 36.9 Å². The highest BCUT2D eigenvalue weighted by molar-refractivity contribution is 5.86. The molecule has 70 valence electrons. The van der Waals surface area contributed by atoms with E-state index in [1.165, 1.54) is 13.4 Å². The molecule has 0 radical (unpaired) electrons. The molecule has 0 atom stereocenters. The van der Waals surface area contributed by atoms with E-state index in [-0.39, 0.29) is 5.97 Å². The van der Waals surface area contributed by atoms with Crippen molar-refractivity contribution >= 4 is 5.97 Å². The second-order valence-corrected chi connectivity index (χ2v) is 2.18. The zero-order chi connectivity index (χ0) is 10.1. The van der Waals surface area contributed by atoms with Crippen molar-refractivity contribution in [3.8, 4) is 0 Å². The van der Waals surface area contributed by atoms with E-state index in [2.05, 4.69) is 21.3 Å². The van der Waals surface area contributed by atoms with Crippen molar-refractivity contribution < 1.29 is 9.53 Å². The maximum absolute atomic E-state index is 10.2. The molecule has 0 spiro atoms. The third kappa shape index (κ3) is 6.68. The summed E-state index contributed by atoms with van der Waals surface area (Å²) in [5.74, 6) is -0.347. The van der Waals surface area contributed by atoms with Gasteiger partial charge in [0.05, 0.1) is 7.11 Å². The molecule has 1 aromatic heterocycles. The standard InChI is InChI=1S/C5H8O2.C4H4N2/c1-4(2)5(6)7-3;1-2-5-4-6-3-1/h1H2,2-3H3;1-4H. The van der Waals surface area contributed by atoms with Crippen LogP contribution in [0.5, 0.6) is 0 Å². The van der Waals surface area contributed by atoms with E-state index in [0.717, 1.165) is 0 Å². The molecule has 0 aliphatic heterocycles. The minimum atomic E-state index is -0.347. The van der Waals surface area contributed by atoms with Crippen molar-refractivity contribution in [1.82, 2.24) is 9.97 Å². The molecule has 1 heterocycles. The van der Waals surface area contributed by atoms with E-state index < -0.39 is 0 Å². The van der Waals surface area contributed by atoms with Crippen LogP contribution in [0.4, 0.5) is 0 Å². The molecule has 1 aromatic rings. The Morgan fingerprint density at radius 1 is 1.38 bits per heavy atom. The molecule has 0 amide bonds. The Morgan fingerprint density at radius 3 is 2.00 bits per heavy atom. The molecule has 4 heteroatoms. The van der Waals surface area contributed by atoms with Gasteiger partial charge in [-0.25, -0.2) is 14.8 Å². The summed E-state index contributed by atoms with van der Waals surface area (Å²) in [5, 5.41) is 0. The number of esters is 1. The van der Waals surface area contributed by atoms with Gasteiger partial charge in [0, 0.05) is 18.0 Å². The maximum Gasteiger partial charge on any atom is 0.332 e. The van der Waals surface area contributed by atoms with Crippen LogP contribution >= 0.6 is 0 Å². The highest BCUT2D eigenvalue weighted by Gasteiger charge is 1.95. The van der Waals surface area contributed by atoms with Gasteiger partial charge in [0.15, 0.2) is 0 Å². The van der Waals surface area contributed by atoms with Crippen LogP contribution in [0, 0.1) is 0 Å². The molecular formula is C9H12N2O2. The molecule has 0 aromatic carbocycles. The molecule has 0 saturated carbocycles. The van der Waals surface area contributed by atoms with Gasteiger partial charge in [0.25, 0.3) is 0 Å². The Bertz CT molecular complexity index is 233. The number of hydrogen-bond donors (Lipinski definition) is 0. The van der Waals surface area contributed by atoms with Crippen molar-refractivity contribution in [1.29, 1.82) is 0 Å². The van der Waals surface area contributed by atoms with E-state index in [1.807, 2.05) is 0 Å². The monoisotopic (exact) mass is 180 g/mol. The average Bonchev–Trinajstić information content (AvgIpc) is 2.20. The minimum Gasteiger partial charge on any atom is -0.466 e. The molecule has 0 aliphatic carbocycles. The molecule has 0 fully saturated rings. The summed E-state index contributed by atoms with van der Waals surface area (Å²) in [6.45, 7) is 4.95. The van der Waals surface area contributed by atoms with Gasteiger partial charge in [-0.2, -0.15) is 0 Å². The van der Waals surface area contributed by atoms with Crippen LogP contribution in [0.15, 0.2) is 36.9 Å². The summed E-state index contributed by atoms with van der Waals surface area (Å²) in [4.78, 5) is 17.5.